The summed E-state index contributed by atoms with van der Waals surface area (Å²) in [5, 5.41) is 0.357. The van der Waals surface area contributed by atoms with Gasteiger partial charge in [0.2, 0.25) is 5.91 Å². The molecule has 0 aliphatic carbocycles. The van der Waals surface area contributed by atoms with E-state index in [0.717, 1.165) is 28.0 Å². The van der Waals surface area contributed by atoms with Crippen LogP contribution in [0.3, 0.4) is 0 Å². The van der Waals surface area contributed by atoms with E-state index in [-0.39, 0.29) is 17.2 Å². The van der Waals surface area contributed by atoms with Crippen molar-refractivity contribution in [3.05, 3.63) is 66.8 Å². The van der Waals surface area contributed by atoms with Crippen molar-refractivity contribution in [3.63, 3.8) is 0 Å². The molecule has 6 nitrogen and oxygen atoms in total. The Labute approximate surface area is 191 Å². The number of imidazole rings is 1. The molecule has 166 valence electrons. The number of amides is 1. The number of hydrogen-bond donors (Lipinski definition) is 0. The number of benzene rings is 2. The molecule has 0 fully saturated rings. The van der Waals surface area contributed by atoms with Crippen LogP contribution in [0, 0.1) is 11.6 Å². The van der Waals surface area contributed by atoms with Gasteiger partial charge in [0.25, 0.3) is 0 Å². The molecule has 0 aliphatic rings. The number of carbonyl (C=O) groups is 1. The Morgan fingerprint density at radius 3 is 2.78 bits per heavy atom. The summed E-state index contributed by atoms with van der Waals surface area (Å²) in [5.41, 5.74) is 0.0709. The number of halogens is 2. The molecule has 0 saturated carbocycles. The van der Waals surface area contributed by atoms with Crippen LogP contribution in [0.25, 0.3) is 10.2 Å². The third-order valence-electron chi connectivity index (χ3n) is 4.71. The average molecular weight is 475 g/mol. The Morgan fingerprint density at radius 1 is 1.25 bits per heavy atom. The summed E-state index contributed by atoms with van der Waals surface area (Å²) in [6.07, 6.45) is 5.91. The van der Waals surface area contributed by atoms with Gasteiger partial charge in [-0.05, 0) is 36.8 Å². The molecule has 0 atom stereocenters. The lowest BCUT2D eigenvalue weighted by Crippen LogP contribution is -2.33. The van der Waals surface area contributed by atoms with Gasteiger partial charge in [0.15, 0.2) is 10.9 Å². The molecule has 0 radical (unpaired) electrons. The first-order chi connectivity index (χ1) is 15.5. The predicted octanol–water partition coefficient (Wildman–Crippen LogP) is 5.00. The van der Waals surface area contributed by atoms with Crippen LogP contribution in [0.2, 0.25) is 0 Å². The number of rotatable bonds is 9. The van der Waals surface area contributed by atoms with Crippen molar-refractivity contribution in [2.45, 2.75) is 17.9 Å². The molecule has 0 unspecified atom stereocenters. The van der Waals surface area contributed by atoms with Gasteiger partial charge < -0.3 is 9.30 Å². The second kappa shape index (κ2) is 10.1. The highest BCUT2D eigenvalue weighted by molar-refractivity contribution is 8.00. The maximum Gasteiger partial charge on any atom is 0.239 e. The number of methoxy groups -OCH3 is 1. The molecular weight excluding hydrogens is 454 g/mol. The molecule has 0 saturated heterocycles. The lowest BCUT2D eigenvalue weighted by Gasteiger charge is -2.20. The van der Waals surface area contributed by atoms with E-state index in [1.807, 2.05) is 35.0 Å². The summed E-state index contributed by atoms with van der Waals surface area (Å²) in [6, 6.07) is 9.48. The molecule has 10 heteroatoms. The molecule has 0 bridgehead atoms. The van der Waals surface area contributed by atoms with Gasteiger partial charge >= 0.3 is 0 Å². The van der Waals surface area contributed by atoms with Gasteiger partial charge in [-0.1, -0.05) is 11.3 Å². The van der Waals surface area contributed by atoms with Gasteiger partial charge in [0.05, 0.1) is 23.9 Å². The first-order valence-electron chi connectivity index (χ1n) is 9.82. The maximum atomic E-state index is 14.2. The van der Waals surface area contributed by atoms with E-state index < -0.39 is 11.6 Å². The Bertz CT molecular complexity index is 1200. The summed E-state index contributed by atoms with van der Waals surface area (Å²) >= 11 is 2.50. The van der Waals surface area contributed by atoms with Gasteiger partial charge in [-0.3, -0.25) is 9.69 Å². The number of ether oxygens (including phenoxy) is 1. The highest BCUT2D eigenvalue weighted by Crippen LogP contribution is 2.32. The third kappa shape index (κ3) is 5.25. The standard InChI is InChI=1S/C22H20F2N4O2S2/c1-30-16-3-5-17(6-4-16)31-13-20(29)28(9-2-8-27-10-7-25-14-27)22-26-21-18(24)11-15(23)12-19(21)32-22/h3-7,10-12,14H,2,8-9,13H2,1H3. The Balaban J connectivity index is 1.52. The summed E-state index contributed by atoms with van der Waals surface area (Å²) in [5.74, 6) is -0.634. The smallest absolute Gasteiger partial charge is 0.239 e. The number of fused-ring (bicyclic) bond motifs is 1. The molecule has 2 aromatic heterocycles. The van der Waals surface area contributed by atoms with Crippen LogP contribution in [0.1, 0.15) is 6.42 Å². The number of thiazole rings is 1. The number of hydrogen-bond acceptors (Lipinski definition) is 6. The second-order valence-electron chi connectivity index (χ2n) is 6.89. The van der Waals surface area contributed by atoms with Gasteiger partial charge in [-0.2, -0.15) is 0 Å². The number of aryl methyl sites for hydroxylation is 1. The third-order valence-corrected chi connectivity index (χ3v) is 6.73. The zero-order valence-electron chi connectivity index (χ0n) is 17.2. The highest BCUT2D eigenvalue weighted by Gasteiger charge is 2.21. The SMILES string of the molecule is COc1ccc(SCC(=O)N(CCCn2ccnc2)c2nc3c(F)cc(F)cc3s2)cc1. The minimum Gasteiger partial charge on any atom is -0.497 e. The fourth-order valence-corrected chi connectivity index (χ4v) is 4.94. The van der Waals surface area contributed by atoms with Crippen LogP contribution >= 0.6 is 23.1 Å². The minimum absolute atomic E-state index is 0.0709. The largest absolute Gasteiger partial charge is 0.497 e. The van der Waals surface area contributed by atoms with E-state index >= 15 is 0 Å². The van der Waals surface area contributed by atoms with Crippen LogP contribution < -0.4 is 9.64 Å². The van der Waals surface area contributed by atoms with Crippen LogP contribution in [-0.2, 0) is 11.3 Å². The molecule has 1 amide bonds. The Kier molecular flexibility index (Phi) is 7.01. The van der Waals surface area contributed by atoms with Gasteiger partial charge in [-0.15, -0.1) is 11.8 Å². The number of thioether (sulfide) groups is 1. The van der Waals surface area contributed by atoms with Crippen molar-refractivity contribution in [2.75, 3.05) is 24.3 Å². The molecule has 0 aliphatic heterocycles. The van der Waals surface area contributed by atoms with E-state index in [1.54, 1.807) is 24.5 Å². The minimum atomic E-state index is -0.735. The maximum absolute atomic E-state index is 14.2. The van der Waals surface area contributed by atoms with Crippen LogP contribution in [0.4, 0.5) is 13.9 Å². The van der Waals surface area contributed by atoms with Gasteiger partial charge in [-0.25, -0.2) is 18.7 Å². The molecular formula is C22H20F2N4O2S2. The topological polar surface area (TPSA) is 60.2 Å². The van der Waals surface area contributed by atoms with E-state index in [4.69, 9.17) is 4.74 Å². The second-order valence-corrected chi connectivity index (χ2v) is 8.95. The summed E-state index contributed by atoms with van der Waals surface area (Å²) < 4.78 is 35.2. The molecule has 2 aromatic carbocycles. The van der Waals surface area contributed by atoms with Crippen LogP contribution in [0.5, 0.6) is 5.75 Å². The van der Waals surface area contributed by atoms with Crippen molar-refractivity contribution in [1.82, 2.24) is 14.5 Å². The molecule has 0 N–H and O–H groups in total. The Hall–Kier alpha value is -2.98. The number of nitrogens with zero attached hydrogens (tertiary/aromatic N) is 4. The molecule has 4 rings (SSSR count). The number of aromatic nitrogens is 3. The van der Waals surface area contributed by atoms with Gasteiger partial charge in [0.1, 0.15) is 17.1 Å². The monoisotopic (exact) mass is 474 g/mol. The molecule has 32 heavy (non-hydrogen) atoms. The highest BCUT2D eigenvalue weighted by atomic mass is 32.2. The lowest BCUT2D eigenvalue weighted by molar-refractivity contribution is -0.116. The lowest BCUT2D eigenvalue weighted by atomic mass is 10.3. The number of anilines is 1. The normalized spacial score (nSPS) is 11.1. The first-order valence-corrected chi connectivity index (χ1v) is 11.6. The number of carbonyl (C=O) groups excluding carboxylic acids is 1. The Morgan fingerprint density at radius 2 is 2.06 bits per heavy atom. The summed E-state index contributed by atoms with van der Waals surface area (Å²) in [7, 11) is 1.60. The average Bonchev–Trinajstić information content (AvgIpc) is 3.45. The summed E-state index contributed by atoms with van der Waals surface area (Å²) in [6.45, 7) is 1.06. The van der Waals surface area contributed by atoms with Gasteiger partial charge in [0, 0.05) is 36.4 Å². The van der Waals surface area contributed by atoms with Crippen molar-refractivity contribution >= 4 is 44.4 Å². The van der Waals surface area contributed by atoms with Crippen molar-refractivity contribution in [1.29, 1.82) is 0 Å². The molecule has 0 spiro atoms. The van der Waals surface area contributed by atoms with E-state index in [9.17, 15) is 13.6 Å². The fraction of sp³-hybridized carbons (Fsp3) is 0.227. The van der Waals surface area contributed by atoms with E-state index in [0.29, 0.717) is 29.3 Å². The van der Waals surface area contributed by atoms with Crippen LogP contribution in [-0.4, -0.2) is 39.8 Å². The van der Waals surface area contributed by atoms with E-state index in [1.165, 1.54) is 17.8 Å². The fourth-order valence-electron chi connectivity index (χ4n) is 3.11. The van der Waals surface area contributed by atoms with E-state index in [2.05, 4.69) is 9.97 Å². The molecule has 2 heterocycles. The first kappa shape index (κ1) is 22.2. The summed E-state index contributed by atoms with van der Waals surface area (Å²) in [4.78, 5) is 23.9. The van der Waals surface area contributed by atoms with Crippen molar-refractivity contribution < 1.29 is 18.3 Å². The molecule has 4 aromatic rings. The zero-order valence-corrected chi connectivity index (χ0v) is 18.8. The van der Waals surface area contributed by atoms with Crippen molar-refractivity contribution in [3.8, 4) is 5.75 Å². The predicted molar refractivity (Wildman–Crippen MR) is 122 cm³/mol. The van der Waals surface area contributed by atoms with Crippen molar-refractivity contribution in [2.24, 2.45) is 0 Å². The zero-order chi connectivity index (χ0) is 22.5. The quantitative estimate of drug-likeness (QED) is 0.320. The van der Waals surface area contributed by atoms with Crippen LogP contribution in [0.15, 0.2) is 60.0 Å².